The summed E-state index contributed by atoms with van der Waals surface area (Å²) >= 11 is 1.73. The number of aryl methyl sites for hydroxylation is 1. The number of aromatic nitrogens is 1. The zero-order chi connectivity index (χ0) is 12.4. The molecule has 2 aliphatic heterocycles. The summed E-state index contributed by atoms with van der Waals surface area (Å²) in [5, 5.41) is 3.32. The first-order valence-corrected chi connectivity index (χ1v) is 7.56. The van der Waals surface area contributed by atoms with Crippen LogP contribution in [-0.4, -0.2) is 48.9 Å². The van der Waals surface area contributed by atoms with Gasteiger partial charge in [-0.1, -0.05) is 0 Å². The third kappa shape index (κ3) is 2.59. The first kappa shape index (κ1) is 12.5. The highest BCUT2D eigenvalue weighted by atomic mass is 32.1. The first-order chi connectivity index (χ1) is 8.84. The van der Waals surface area contributed by atoms with Gasteiger partial charge in [-0.15, -0.1) is 11.3 Å². The summed E-state index contributed by atoms with van der Waals surface area (Å²) in [5.41, 5.74) is 1.18. The minimum Gasteiger partial charge on any atom is -0.381 e. The minimum atomic E-state index is 0.340. The van der Waals surface area contributed by atoms with Crippen molar-refractivity contribution in [1.82, 2.24) is 9.88 Å². The van der Waals surface area contributed by atoms with Gasteiger partial charge < -0.3 is 9.47 Å². The Kier molecular flexibility index (Phi) is 3.94. The van der Waals surface area contributed by atoms with Crippen LogP contribution < -0.4 is 0 Å². The normalized spacial score (nSPS) is 27.5. The second-order valence-corrected chi connectivity index (χ2v) is 6.03. The number of nitrogens with zero attached hydrogens (tertiary/aromatic N) is 2. The summed E-state index contributed by atoms with van der Waals surface area (Å²) in [6.45, 7) is 6.50. The average Bonchev–Trinajstić information content (AvgIpc) is 2.86. The molecule has 2 saturated heterocycles. The Morgan fingerprint density at radius 3 is 2.83 bits per heavy atom. The third-order valence-electron chi connectivity index (χ3n) is 3.81. The highest BCUT2D eigenvalue weighted by Crippen LogP contribution is 2.30. The van der Waals surface area contributed by atoms with Gasteiger partial charge in [-0.2, -0.15) is 0 Å². The van der Waals surface area contributed by atoms with E-state index in [1.165, 1.54) is 5.69 Å². The van der Waals surface area contributed by atoms with Gasteiger partial charge in [0.2, 0.25) is 0 Å². The largest absolute Gasteiger partial charge is 0.381 e. The number of morpholine rings is 1. The molecule has 2 aliphatic rings. The molecule has 2 fully saturated rings. The van der Waals surface area contributed by atoms with Gasteiger partial charge in [0.1, 0.15) is 0 Å². The fraction of sp³-hybridized carbons (Fsp3) is 0.769. The molecule has 0 bridgehead atoms. The van der Waals surface area contributed by atoms with Crippen LogP contribution >= 0.6 is 11.3 Å². The van der Waals surface area contributed by atoms with Crippen LogP contribution in [0, 0.1) is 6.92 Å². The lowest BCUT2D eigenvalue weighted by molar-refractivity contribution is -0.0577. The lowest BCUT2D eigenvalue weighted by Crippen LogP contribution is -2.47. The molecule has 5 heteroatoms. The van der Waals surface area contributed by atoms with Crippen LogP contribution in [0.25, 0.3) is 0 Å². The van der Waals surface area contributed by atoms with E-state index in [1.807, 2.05) is 0 Å². The number of ether oxygens (including phenoxy) is 2. The van der Waals surface area contributed by atoms with E-state index in [9.17, 15) is 0 Å². The van der Waals surface area contributed by atoms with Crippen molar-refractivity contribution in [2.75, 3.05) is 33.0 Å². The molecular formula is C13H20N2O2S. The number of hydrogen-bond acceptors (Lipinski definition) is 5. The third-order valence-corrected chi connectivity index (χ3v) is 4.60. The summed E-state index contributed by atoms with van der Waals surface area (Å²) in [7, 11) is 0. The highest BCUT2D eigenvalue weighted by Gasteiger charge is 2.32. The van der Waals surface area contributed by atoms with Crippen LogP contribution in [0.4, 0.5) is 0 Å². The van der Waals surface area contributed by atoms with Gasteiger partial charge in [0.25, 0.3) is 0 Å². The maximum absolute atomic E-state index is 5.66. The average molecular weight is 268 g/mol. The predicted octanol–water partition coefficient (Wildman–Crippen LogP) is 2.00. The Labute approximate surface area is 112 Å². The van der Waals surface area contributed by atoms with E-state index in [-0.39, 0.29) is 0 Å². The molecule has 1 aromatic heterocycles. The summed E-state index contributed by atoms with van der Waals surface area (Å²) in [6.07, 6.45) is 2.28. The van der Waals surface area contributed by atoms with E-state index in [0.29, 0.717) is 12.1 Å². The minimum absolute atomic E-state index is 0.340. The van der Waals surface area contributed by atoms with Crippen molar-refractivity contribution >= 4 is 11.3 Å². The Morgan fingerprint density at radius 1 is 1.28 bits per heavy atom. The van der Waals surface area contributed by atoms with Crippen LogP contribution in [0.1, 0.15) is 29.6 Å². The molecular weight excluding hydrogens is 248 g/mol. The molecule has 0 amide bonds. The zero-order valence-electron chi connectivity index (χ0n) is 10.8. The molecule has 0 N–H and O–H groups in total. The van der Waals surface area contributed by atoms with Gasteiger partial charge in [0, 0.05) is 31.2 Å². The van der Waals surface area contributed by atoms with E-state index in [1.54, 1.807) is 11.3 Å². The van der Waals surface area contributed by atoms with Crippen molar-refractivity contribution < 1.29 is 9.47 Å². The number of thiazole rings is 1. The Balaban J connectivity index is 1.76. The van der Waals surface area contributed by atoms with Crippen molar-refractivity contribution in [3.8, 4) is 0 Å². The zero-order valence-corrected chi connectivity index (χ0v) is 11.6. The van der Waals surface area contributed by atoms with Crippen LogP contribution in [0.2, 0.25) is 0 Å². The molecule has 3 heterocycles. The van der Waals surface area contributed by atoms with E-state index in [4.69, 9.17) is 9.47 Å². The molecule has 1 unspecified atom stereocenters. The van der Waals surface area contributed by atoms with E-state index < -0.39 is 0 Å². The summed E-state index contributed by atoms with van der Waals surface area (Å²) in [6, 6.07) is 0.974. The van der Waals surface area contributed by atoms with E-state index in [0.717, 1.165) is 50.8 Å². The molecule has 100 valence electrons. The predicted molar refractivity (Wildman–Crippen MR) is 71.0 cm³/mol. The second kappa shape index (κ2) is 5.65. The lowest BCUT2D eigenvalue weighted by atomic mass is 10.0. The van der Waals surface area contributed by atoms with Crippen molar-refractivity contribution in [3.63, 3.8) is 0 Å². The van der Waals surface area contributed by atoms with Gasteiger partial charge in [0.15, 0.2) is 0 Å². The molecule has 0 aliphatic carbocycles. The van der Waals surface area contributed by atoms with Crippen LogP contribution in [0.15, 0.2) is 5.38 Å². The fourth-order valence-corrected chi connectivity index (χ4v) is 3.52. The standard InChI is InChI=1S/C13H20N2O2S/c1-10-14-12(9-18-10)13-8-17-7-4-15(13)11-2-5-16-6-3-11/h9,11,13H,2-8H2,1H3. The Morgan fingerprint density at radius 2 is 2.11 bits per heavy atom. The molecule has 3 rings (SSSR count). The maximum atomic E-state index is 5.66. The topological polar surface area (TPSA) is 34.6 Å². The van der Waals surface area contributed by atoms with Gasteiger partial charge in [0.05, 0.1) is 30.0 Å². The van der Waals surface area contributed by atoms with Gasteiger partial charge in [-0.25, -0.2) is 4.98 Å². The molecule has 0 saturated carbocycles. The molecule has 1 atom stereocenters. The SMILES string of the molecule is Cc1nc(C2COCCN2C2CCOCC2)cs1. The van der Waals surface area contributed by atoms with E-state index in [2.05, 4.69) is 22.2 Å². The van der Waals surface area contributed by atoms with Crippen molar-refractivity contribution in [2.24, 2.45) is 0 Å². The van der Waals surface area contributed by atoms with Crippen molar-refractivity contribution in [1.29, 1.82) is 0 Å². The number of rotatable bonds is 2. The highest BCUT2D eigenvalue weighted by molar-refractivity contribution is 7.09. The van der Waals surface area contributed by atoms with Crippen LogP contribution in [0.3, 0.4) is 0 Å². The van der Waals surface area contributed by atoms with E-state index >= 15 is 0 Å². The molecule has 0 spiro atoms. The van der Waals surface area contributed by atoms with Crippen LogP contribution in [-0.2, 0) is 9.47 Å². The van der Waals surface area contributed by atoms with Crippen molar-refractivity contribution in [3.05, 3.63) is 16.1 Å². The molecule has 0 radical (unpaired) electrons. The quantitative estimate of drug-likeness (QED) is 0.822. The molecule has 4 nitrogen and oxygen atoms in total. The number of hydrogen-bond donors (Lipinski definition) is 0. The molecule has 0 aromatic carbocycles. The van der Waals surface area contributed by atoms with Gasteiger partial charge in [-0.05, 0) is 19.8 Å². The summed E-state index contributed by atoms with van der Waals surface area (Å²) < 4.78 is 11.1. The van der Waals surface area contributed by atoms with Gasteiger partial charge >= 0.3 is 0 Å². The monoisotopic (exact) mass is 268 g/mol. The fourth-order valence-electron chi connectivity index (χ4n) is 2.86. The maximum Gasteiger partial charge on any atom is 0.0898 e. The summed E-state index contributed by atoms with van der Waals surface area (Å²) in [4.78, 5) is 7.23. The molecule has 1 aromatic rings. The smallest absolute Gasteiger partial charge is 0.0898 e. The first-order valence-electron chi connectivity index (χ1n) is 6.68. The van der Waals surface area contributed by atoms with Crippen molar-refractivity contribution in [2.45, 2.75) is 31.8 Å². The Hall–Kier alpha value is -0.490. The lowest BCUT2D eigenvalue weighted by Gasteiger charge is -2.41. The van der Waals surface area contributed by atoms with Gasteiger partial charge in [-0.3, -0.25) is 4.90 Å². The summed E-state index contributed by atoms with van der Waals surface area (Å²) in [5.74, 6) is 0. The Bertz CT molecular complexity index is 390. The second-order valence-electron chi connectivity index (χ2n) is 4.96. The van der Waals surface area contributed by atoms with Crippen LogP contribution in [0.5, 0.6) is 0 Å². The molecule has 18 heavy (non-hydrogen) atoms.